The van der Waals surface area contributed by atoms with Crippen LogP contribution in [0.5, 0.6) is 0 Å². The fraction of sp³-hybridized carbons (Fsp3) is 0.444. The Morgan fingerprint density at radius 3 is 2.59 bits per heavy atom. The summed E-state index contributed by atoms with van der Waals surface area (Å²) in [7, 11) is 1.75. The summed E-state index contributed by atoms with van der Waals surface area (Å²) < 4.78 is 0. The number of nitrogens with zero attached hydrogens (tertiary/aromatic N) is 2. The summed E-state index contributed by atoms with van der Waals surface area (Å²) in [5.74, 6) is 0.0832. The van der Waals surface area contributed by atoms with Crippen LogP contribution in [0.4, 0.5) is 4.79 Å². The van der Waals surface area contributed by atoms with E-state index in [1.165, 1.54) is 4.90 Å². The summed E-state index contributed by atoms with van der Waals surface area (Å²) in [6.07, 6.45) is 2.95. The average Bonchev–Trinajstić information content (AvgIpc) is 2.72. The van der Waals surface area contributed by atoms with Crippen molar-refractivity contribution in [1.29, 1.82) is 0 Å². The van der Waals surface area contributed by atoms with Crippen LogP contribution < -0.4 is 0 Å². The molecule has 0 aromatic heterocycles. The Balaban J connectivity index is 2.27. The normalized spacial score (nSPS) is 22.8. The number of hydrogen-bond acceptors (Lipinski definition) is 2. The van der Waals surface area contributed by atoms with Crippen molar-refractivity contribution in [3.05, 3.63) is 48.6 Å². The standard InChI is InChI=1S/C18H24N2O2/c1-5-9-13(2)12-16(21)20-17(14(3)19(4)18(20)22)15-10-7-6-8-11-15/h5-8,10-11,13-14,17H,1,9,12H2,2-4H3/t13-,14+,17+/m0/s1. The first-order valence-electron chi connectivity index (χ1n) is 7.72. The van der Waals surface area contributed by atoms with E-state index < -0.39 is 0 Å². The maximum atomic E-state index is 12.7. The largest absolute Gasteiger partial charge is 0.327 e. The molecule has 1 aliphatic heterocycles. The Morgan fingerprint density at radius 1 is 1.36 bits per heavy atom. The minimum Gasteiger partial charge on any atom is -0.322 e. The molecular weight excluding hydrogens is 276 g/mol. The SMILES string of the molecule is C=CC[C@H](C)CC(=O)N1C(=O)N(C)[C@H](C)[C@@H]1c1ccccc1. The van der Waals surface area contributed by atoms with Crippen molar-refractivity contribution >= 4 is 11.9 Å². The molecule has 1 aromatic carbocycles. The molecule has 0 radical (unpaired) electrons. The highest BCUT2D eigenvalue weighted by Gasteiger charge is 2.45. The van der Waals surface area contributed by atoms with Gasteiger partial charge >= 0.3 is 6.03 Å². The molecule has 1 saturated heterocycles. The summed E-state index contributed by atoms with van der Waals surface area (Å²) in [6.45, 7) is 7.69. The van der Waals surface area contributed by atoms with E-state index in [1.807, 2.05) is 50.3 Å². The molecule has 1 fully saturated rings. The molecule has 0 N–H and O–H groups in total. The first kappa shape index (κ1) is 16.3. The highest BCUT2D eigenvalue weighted by molar-refractivity contribution is 5.97. The summed E-state index contributed by atoms with van der Waals surface area (Å²) in [6, 6.07) is 9.30. The van der Waals surface area contributed by atoms with Crippen LogP contribution in [0.1, 0.15) is 38.3 Å². The quantitative estimate of drug-likeness (QED) is 0.779. The van der Waals surface area contributed by atoms with E-state index in [-0.39, 0.29) is 29.9 Å². The maximum Gasteiger partial charge on any atom is 0.327 e. The van der Waals surface area contributed by atoms with Crippen LogP contribution in [0, 0.1) is 5.92 Å². The van der Waals surface area contributed by atoms with Crippen molar-refractivity contribution in [1.82, 2.24) is 9.80 Å². The van der Waals surface area contributed by atoms with Gasteiger partial charge in [0, 0.05) is 13.5 Å². The number of imide groups is 1. The summed E-state index contributed by atoms with van der Waals surface area (Å²) >= 11 is 0. The third-order valence-electron chi connectivity index (χ3n) is 4.36. The lowest BCUT2D eigenvalue weighted by Gasteiger charge is -2.25. The number of rotatable bonds is 5. The number of carbonyl (C=O) groups excluding carboxylic acids is 2. The first-order valence-corrected chi connectivity index (χ1v) is 7.72. The topological polar surface area (TPSA) is 40.6 Å². The highest BCUT2D eigenvalue weighted by atomic mass is 16.2. The van der Waals surface area contributed by atoms with E-state index in [2.05, 4.69) is 6.58 Å². The van der Waals surface area contributed by atoms with Crippen LogP contribution in [-0.2, 0) is 4.79 Å². The fourth-order valence-electron chi connectivity index (χ4n) is 2.99. The number of allylic oxidation sites excluding steroid dienone is 1. The number of likely N-dealkylation sites (N-methyl/N-ethyl adjacent to an activating group) is 1. The predicted octanol–water partition coefficient (Wildman–Crippen LogP) is 3.61. The van der Waals surface area contributed by atoms with Gasteiger partial charge < -0.3 is 4.90 Å². The Labute approximate surface area is 132 Å². The van der Waals surface area contributed by atoms with Crippen LogP contribution in [-0.4, -0.2) is 34.8 Å². The lowest BCUT2D eigenvalue weighted by molar-refractivity contribution is -0.130. The Kier molecular flexibility index (Phi) is 5.01. The summed E-state index contributed by atoms with van der Waals surface area (Å²) in [5.41, 5.74) is 0.998. The first-order chi connectivity index (χ1) is 10.5. The third-order valence-corrected chi connectivity index (χ3v) is 4.36. The molecular formula is C18H24N2O2. The molecule has 2 rings (SSSR count). The zero-order valence-corrected chi connectivity index (χ0v) is 13.5. The van der Waals surface area contributed by atoms with Crippen molar-refractivity contribution in [2.24, 2.45) is 5.92 Å². The second kappa shape index (κ2) is 6.77. The molecule has 4 heteroatoms. The van der Waals surface area contributed by atoms with Gasteiger partial charge in [-0.05, 0) is 24.8 Å². The predicted molar refractivity (Wildman–Crippen MR) is 87.2 cm³/mol. The van der Waals surface area contributed by atoms with Gasteiger partial charge in [-0.2, -0.15) is 0 Å². The zero-order chi connectivity index (χ0) is 16.3. The molecule has 0 aliphatic carbocycles. The second-order valence-electron chi connectivity index (χ2n) is 6.09. The van der Waals surface area contributed by atoms with Crippen molar-refractivity contribution in [3.8, 4) is 0 Å². The van der Waals surface area contributed by atoms with Crippen LogP contribution in [0.15, 0.2) is 43.0 Å². The maximum absolute atomic E-state index is 12.7. The molecule has 22 heavy (non-hydrogen) atoms. The lowest BCUT2D eigenvalue weighted by atomic mass is 9.98. The second-order valence-corrected chi connectivity index (χ2v) is 6.09. The average molecular weight is 300 g/mol. The van der Waals surface area contributed by atoms with Gasteiger partial charge in [0.05, 0.1) is 12.1 Å². The summed E-state index contributed by atoms with van der Waals surface area (Å²) in [4.78, 5) is 28.2. The highest BCUT2D eigenvalue weighted by Crippen LogP contribution is 2.35. The van der Waals surface area contributed by atoms with E-state index in [0.29, 0.717) is 6.42 Å². The fourth-order valence-corrected chi connectivity index (χ4v) is 2.99. The molecule has 0 bridgehead atoms. The van der Waals surface area contributed by atoms with Crippen LogP contribution in [0.2, 0.25) is 0 Å². The van der Waals surface area contributed by atoms with Gasteiger partial charge in [-0.3, -0.25) is 9.69 Å². The van der Waals surface area contributed by atoms with Crippen molar-refractivity contribution in [3.63, 3.8) is 0 Å². The van der Waals surface area contributed by atoms with Gasteiger partial charge in [0.2, 0.25) is 5.91 Å². The molecule has 1 aromatic rings. The van der Waals surface area contributed by atoms with E-state index in [1.54, 1.807) is 11.9 Å². The van der Waals surface area contributed by atoms with E-state index in [4.69, 9.17) is 0 Å². The summed E-state index contributed by atoms with van der Waals surface area (Å²) in [5, 5.41) is 0. The van der Waals surface area contributed by atoms with Gasteiger partial charge in [0.15, 0.2) is 0 Å². The van der Waals surface area contributed by atoms with E-state index in [9.17, 15) is 9.59 Å². The van der Waals surface area contributed by atoms with E-state index >= 15 is 0 Å². The molecule has 0 saturated carbocycles. The number of amides is 3. The minimum absolute atomic E-state index is 0.0337. The third kappa shape index (κ3) is 3.06. The van der Waals surface area contributed by atoms with E-state index in [0.717, 1.165) is 12.0 Å². The molecule has 3 atom stereocenters. The Bertz CT molecular complexity index is 555. The van der Waals surface area contributed by atoms with Gasteiger partial charge in [0.25, 0.3) is 0 Å². The Morgan fingerprint density at radius 2 is 2.00 bits per heavy atom. The van der Waals surface area contributed by atoms with Gasteiger partial charge in [-0.15, -0.1) is 6.58 Å². The number of urea groups is 1. The molecule has 1 aliphatic rings. The molecule has 0 unspecified atom stereocenters. The van der Waals surface area contributed by atoms with Crippen LogP contribution >= 0.6 is 0 Å². The number of carbonyl (C=O) groups is 2. The van der Waals surface area contributed by atoms with Crippen LogP contribution in [0.25, 0.3) is 0 Å². The zero-order valence-electron chi connectivity index (χ0n) is 13.5. The minimum atomic E-state index is -0.220. The molecule has 3 amide bonds. The number of benzene rings is 1. The van der Waals surface area contributed by atoms with Crippen LogP contribution in [0.3, 0.4) is 0 Å². The molecule has 1 heterocycles. The Hall–Kier alpha value is -2.10. The molecule has 0 spiro atoms. The number of hydrogen-bond donors (Lipinski definition) is 0. The lowest BCUT2D eigenvalue weighted by Crippen LogP contribution is -2.37. The molecule has 118 valence electrons. The van der Waals surface area contributed by atoms with Crippen molar-refractivity contribution < 1.29 is 9.59 Å². The molecule has 4 nitrogen and oxygen atoms in total. The van der Waals surface area contributed by atoms with Crippen molar-refractivity contribution in [2.75, 3.05) is 7.05 Å². The van der Waals surface area contributed by atoms with Crippen molar-refractivity contribution in [2.45, 2.75) is 38.8 Å². The van der Waals surface area contributed by atoms with Gasteiger partial charge in [-0.25, -0.2) is 4.79 Å². The van der Waals surface area contributed by atoms with Gasteiger partial charge in [0.1, 0.15) is 0 Å². The smallest absolute Gasteiger partial charge is 0.322 e. The van der Waals surface area contributed by atoms with Gasteiger partial charge in [-0.1, -0.05) is 43.3 Å². The monoisotopic (exact) mass is 300 g/mol.